The van der Waals surface area contributed by atoms with E-state index in [1.807, 2.05) is 0 Å². The van der Waals surface area contributed by atoms with E-state index >= 15 is 0 Å². The minimum atomic E-state index is -0.0630. The van der Waals surface area contributed by atoms with Gasteiger partial charge in [0.05, 0.1) is 0 Å². The molecule has 0 fully saturated rings. The summed E-state index contributed by atoms with van der Waals surface area (Å²) in [4.78, 5) is 4.92. The third kappa shape index (κ3) is 5.89. The fourth-order valence-electron chi connectivity index (χ4n) is 2.12. The van der Waals surface area contributed by atoms with E-state index in [4.69, 9.17) is 10.7 Å². The molecule has 4 heteroatoms. The SMILES string of the molecule is C[Si]CC(CNC(C)(C)C)c1cccc(C(C)(C)CN)n1. The summed E-state index contributed by atoms with van der Waals surface area (Å²) in [6, 6.07) is 7.56. The average molecular weight is 306 g/mol. The Morgan fingerprint density at radius 1 is 1.24 bits per heavy atom. The van der Waals surface area contributed by atoms with Crippen molar-refractivity contribution in [3.8, 4) is 0 Å². The van der Waals surface area contributed by atoms with Crippen LogP contribution in [-0.4, -0.2) is 33.1 Å². The Balaban J connectivity index is 2.95. The van der Waals surface area contributed by atoms with Crippen LogP contribution in [0.4, 0.5) is 0 Å². The Bertz CT molecular complexity index is 438. The second kappa shape index (κ2) is 7.52. The highest BCUT2D eigenvalue weighted by atomic mass is 28.2. The Labute approximate surface area is 132 Å². The molecular weight excluding hydrogens is 274 g/mol. The van der Waals surface area contributed by atoms with Crippen LogP contribution in [0.5, 0.6) is 0 Å². The number of nitrogens with zero attached hydrogens (tertiary/aromatic N) is 1. The molecule has 1 atom stereocenters. The van der Waals surface area contributed by atoms with E-state index in [0.717, 1.165) is 21.8 Å². The molecular formula is C17H31N3Si. The van der Waals surface area contributed by atoms with E-state index in [9.17, 15) is 0 Å². The molecule has 1 rings (SSSR count). The Morgan fingerprint density at radius 2 is 1.90 bits per heavy atom. The first-order valence-electron chi connectivity index (χ1n) is 7.77. The maximum Gasteiger partial charge on any atom is 0.0475 e. The van der Waals surface area contributed by atoms with Gasteiger partial charge in [-0.25, -0.2) is 0 Å². The van der Waals surface area contributed by atoms with Gasteiger partial charge in [0, 0.05) is 50.9 Å². The molecule has 1 aromatic rings. The molecule has 3 N–H and O–H groups in total. The molecule has 0 saturated carbocycles. The molecule has 0 bridgehead atoms. The fourth-order valence-corrected chi connectivity index (χ4v) is 2.96. The summed E-state index contributed by atoms with van der Waals surface area (Å²) in [5.74, 6) is 0.473. The molecule has 1 heterocycles. The molecule has 1 unspecified atom stereocenters. The minimum Gasteiger partial charge on any atom is -0.330 e. The number of hydrogen-bond donors (Lipinski definition) is 2. The van der Waals surface area contributed by atoms with Crippen molar-refractivity contribution in [1.82, 2.24) is 10.3 Å². The standard InChI is InChI=1S/C17H31N3Si/c1-16(2,3)19-10-13(11-21-6)14-8-7-9-15(20-14)17(4,5)12-18/h7-9,13,19H,10-12,18H2,1-6H3. The molecule has 0 spiro atoms. The molecule has 3 nitrogen and oxygen atoms in total. The molecule has 1 aromatic heterocycles. The van der Waals surface area contributed by atoms with Gasteiger partial charge in [-0.1, -0.05) is 32.5 Å². The summed E-state index contributed by atoms with van der Waals surface area (Å²) < 4.78 is 0. The second-order valence-corrected chi connectivity index (χ2v) is 8.54. The van der Waals surface area contributed by atoms with Crippen LogP contribution in [-0.2, 0) is 5.41 Å². The van der Waals surface area contributed by atoms with Crippen molar-refractivity contribution in [2.75, 3.05) is 13.1 Å². The van der Waals surface area contributed by atoms with Crippen LogP contribution in [0.1, 0.15) is 51.9 Å². The number of nitrogens with two attached hydrogens (primary N) is 1. The van der Waals surface area contributed by atoms with Crippen LogP contribution in [0, 0.1) is 0 Å². The van der Waals surface area contributed by atoms with Crippen LogP contribution in [0.15, 0.2) is 18.2 Å². The lowest BCUT2D eigenvalue weighted by atomic mass is 9.88. The topological polar surface area (TPSA) is 50.9 Å². The first-order valence-corrected chi connectivity index (χ1v) is 9.47. The highest BCUT2D eigenvalue weighted by Crippen LogP contribution is 2.24. The molecule has 21 heavy (non-hydrogen) atoms. The van der Waals surface area contributed by atoms with Gasteiger partial charge in [-0.3, -0.25) is 4.98 Å². The third-order valence-corrected chi connectivity index (χ3v) is 4.62. The van der Waals surface area contributed by atoms with Gasteiger partial charge in [0.25, 0.3) is 0 Å². The predicted molar refractivity (Wildman–Crippen MR) is 93.2 cm³/mol. The van der Waals surface area contributed by atoms with E-state index in [1.54, 1.807) is 0 Å². The van der Waals surface area contributed by atoms with E-state index < -0.39 is 0 Å². The van der Waals surface area contributed by atoms with Crippen molar-refractivity contribution in [1.29, 1.82) is 0 Å². The van der Waals surface area contributed by atoms with Gasteiger partial charge >= 0.3 is 0 Å². The molecule has 0 aromatic carbocycles. The average Bonchev–Trinajstić information content (AvgIpc) is 2.42. The van der Waals surface area contributed by atoms with Gasteiger partial charge in [0.2, 0.25) is 0 Å². The summed E-state index contributed by atoms with van der Waals surface area (Å²) in [6.07, 6.45) is 0. The van der Waals surface area contributed by atoms with Crippen molar-refractivity contribution < 1.29 is 0 Å². The Kier molecular flexibility index (Phi) is 6.57. The van der Waals surface area contributed by atoms with Gasteiger partial charge < -0.3 is 11.1 Å². The van der Waals surface area contributed by atoms with Crippen molar-refractivity contribution in [2.45, 2.75) is 64.1 Å². The number of hydrogen-bond acceptors (Lipinski definition) is 3. The van der Waals surface area contributed by atoms with Crippen LogP contribution in [0.3, 0.4) is 0 Å². The summed E-state index contributed by atoms with van der Waals surface area (Å²) in [7, 11) is 0.936. The van der Waals surface area contributed by atoms with Crippen LogP contribution in [0.25, 0.3) is 0 Å². The summed E-state index contributed by atoms with van der Waals surface area (Å²) in [5.41, 5.74) is 8.26. The van der Waals surface area contributed by atoms with Crippen molar-refractivity contribution in [2.24, 2.45) is 5.73 Å². The van der Waals surface area contributed by atoms with Crippen molar-refractivity contribution in [3.05, 3.63) is 29.6 Å². The highest BCUT2D eigenvalue weighted by Gasteiger charge is 2.22. The van der Waals surface area contributed by atoms with Crippen LogP contribution in [0.2, 0.25) is 12.6 Å². The first kappa shape index (κ1) is 18.3. The lowest BCUT2D eigenvalue weighted by Gasteiger charge is -2.27. The normalized spacial score (nSPS) is 14.2. The number of aromatic nitrogens is 1. The second-order valence-electron chi connectivity index (χ2n) is 7.42. The van der Waals surface area contributed by atoms with Crippen LogP contribution >= 0.6 is 0 Å². The maximum atomic E-state index is 5.89. The van der Waals surface area contributed by atoms with Crippen LogP contribution < -0.4 is 11.1 Å². The first-order chi connectivity index (χ1) is 9.69. The highest BCUT2D eigenvalue weighted by molar-refractivity contribution is 6.33. The summed E-state index contributed by atoms with van der Waals surface area (Å²) in [5, 5.41) is 3.62. The fraction of sp³-hybridized carbons (Fsp3) is 0.706. The monoisotopic (exact) mass is 305 g/mol. The van der Waals surface area contributed by atoms with Gasteiger partial charge in [0.1, 0.15) is 0 Å². The lowest BCUT2D eigenvalue weighted by Crippen LogP contribution is -2.39. The summed E-state index contributed by atoms with van der Waals surface area (Å²) >= 11 is 0. The smallest absolute Gasteiger partial charge is 0.0475 e. The van der Waals surface area contributed by atoms with E-state index in [2.05, 4.69) is 64.7 Å². The minimum absolute atomic E-state index is 0.0630. The summed E-state index contributed by atoms with van der Waals surface area (Å²) in [6.45, 7) is 14.8. The number of rotatable bonds is 7. The van der Waals surface area contributed by atoms with Crippen molar-refractivity contribution >= 4 is 9.52 Å². The third-order valence-electron chi connectivity index (χ3n) is 3.72. The van der Waals surface area contributed by atoms with Gasteiger partial charge in [-0.15, -0.1) is 0 Å². The van der Waals surface area contributed by atoms with E-state index in [1.165, 1.54) is 11.7 Å². The largest absolute Gasteiger partial charge is 0.330 e. The molecule has 2 radical (unpaired) electrons. The van der Waals surface area contributed by atoms with E-state index in [0.29, 0.717) is 12.5 Å². The molecule has 0 aliphatic heterocycles. The molecule has 118 valence electrons. The van der Waals surface area contributed by atoms with E-state index in [-0.39, 0.29) is 11.0 Å². The van der Waals surface area contributed by atoms with Gasteiger partial charge in [-0.2, -0.15) is 0 Å². The van der Waals surface area contributed by atoms with Gasteiger partial charge in [-0.05, 0) is 32.9 Å². The quantitative estimate of drug-likeness (QED) is 0.762. The predicted octanol–water partition coefficient (Wildman–Crippen LogP) is 2.96. The van der Waals surface area contributed by atoms with Crippen molar-refractivity contribution in [3.63, 3.8) is 0 Å². The zero-order chi connectivity index (χ0) is 16.1. The zero-order valence-corrected chi connectivity index (χ0v) is 15.5. The number of pyridine rings is 1. The zero-order valence-electron chi connectivity index (χ0n) is 14.5. The molecule has 0 amide bonds. The lowest BCUT2D eigenvalue weighted by molar-refractivity contribution is 0.409. The Hall–Kier alpha value is -0.713. The molecule has 0 aliphatic carbocycles. The maximum absolute atomic E-state index is 5.89. The van der Waals surface area contributed by atoms with Gasteiger partial charge in [0.15, 0.2) is 0 Å². The molecule has 0 aliphatic rings. The Morgan fingerprint density at radius 3 is 2.43 bits per heavy atom. The molecule has 0 saturated heterocycles. The number of nitrogens with one attached hydrogen (secondary N) is 1.